The lowest BCUT2D eigenvalue weighted by Gasteiger charge is -2.14. The average molecular weight is 255 g/mol. The van der Waals surface area contributed by atoms with Crippen LogP contribution in [0.1, 0.15) is 44.2 Å². The maximum Gasteiger partial charge on any atom is 0.124 e. The van der Waals surface area contributed by atoms with Gasteiger partial charge in [-0.25, -0.2) is 4.39 Å². The minimum atomic E-state index is -0.294. The summed E-state index contributed by atoms with van der Waals surface area (Å²) in [5.41, 5.74) is 6.48. The second-order valence-corrected chi connectivity index (χ2v) is 4.46. The van der Waals surface area contributed by atoms with E-state index >= 15 is 0 Å². The molecule has 0 fully saturated rings. The number of benzene rings is 1. The minimum absolute atomic E-state index is 0.244. The third kappa shape index (κ3) is 5.02. The molecule has 0 aromatic heterocycles. The third-order valence-corrected chi connectivity index (χ3v) is 2.77. The first-order chi connectivity index (χ1) is 8.65. The van der Waals surface area contributed by atoms with Crippen molar-refractivity contribution in [2.45, 2.75) is 38.6 Å². The number of halogens is 1. The summed E-state index contributed by atoms with van der Waals surface area (Å²) in [6.45, 7) is 2.65. The molecule has 0 aliphatic carbocycles. The van der Waals surface area contributed by atoms with E-state index in [0.29, 0.717) is 17.9 Å². The number of ether oxygens (including phenoxy) is 1. The van der Waals surface area contributed by atoms with E-state index < -0.39 is 0 Å². The Labute approximate surface area is 108 Å². The summed E-state index contributed by atoms with van der Waals surface area (Å²) in [7, 11) is 0. The predicted octanol–water partition coefficient (Wildman–Crippen LogP) is 2.78. The van der Waals surface area contributed by atoms with Gasteiger partial charge in [-0.2, -0.15) is 0 Å². The summed E-state index contributed by atoms with van der Waals surface area (Å²) < 4.78 is 18.7. The molecule has 0 radical (unpaired) electrons. The van der Waals surface area contributed by atoms with Crippen LogP contribution in [0.15, 0.2) is 18.2 Å². The van der Waals surface area contributed by atoms with Crippen molar-refractivity contribution in [3.05, 3.63) is 29.6 Å². The van der Waals surface area contributed by atoms with Crippen LogP contribution in [0.2, 0.25) is 0 Å². The second kappa shape index (κ2) is 8.06. The van der Waals surface area contributed by atoms with Gasteiger partial charge in [0.1, 0.15) is 11.6 Å². The highest BCUT2D eigenvalue weighted by atomic mass is 19.1. The van der Waals surface area contributed by atoms with Gasteiger partial charge in [-0.3, -0.25) is 0 Å². The summed E-state index contributed by atoms with van der Waals surface area (Å²) in [6, 6.07) is 4.19. The summed E-state index contributed by atoms with van der Waals surface area (Å²) in [5, 5.41) is 8.64. The Morgan fingerprint density at radius 3 is 2.67 bits per heavy atom. The maximum absolute atomic E-state index is 13.1. The van der Waals surface area contributed by atoms with E-state index in [2.05, 4.69) is 0 Å². The van der Waals surface area contributed by atoms with E-state index in [4.69, 9.17) is 15.6 Å². The lowest BCUT2D eigenvalue weighted by atomic mass is 10.1. The number of hydrogen-bond acceptors (Lipinski definition) is 3. The molecule has 0 heterocycles. The normalized spacial score (nSPS) is 12.4. The Bertz CT molecular complexity index is 356. The standard InChI is InChI=1S/C14H22FNO2/c1-11(16)13-10-12(15)6-7-14(13)18-9-5-3-2-4-8-17/h6-7,10-11,17H,2-5,8-9,16H2,1H3/t11-/m1/s1. The van der Waals surface area contributed by atoms with Crippen LogP contribution in [-0.2, 0) is 0 Å². The predicted molar refractivity (Wildman–Crippen MR) is 70.1 cm³/mol. The van der Waals surface area contributed by atoms with E-state index in [1.54, 1.807) is 6.07 Å². The second-order valence-electron chi connectivity index (χ2n) is 4.46. The van der Waals surface area contributed by atoms with Crippen molar-refractivity contribution in [3.8, 4) is 5.75 Å². The van der Waals surface area contributed by atoms with Crippen LogP contribution >= 0.6 is 0 Å². The van der Waals surface area contributed by atoms with Crippen molar-refractivity contribution < 1.29 is 14.2 Å². The van der Waals surface area contributed by atoms with Crippen molar-refractivity contribution in [1.82, 2.24) is 0 Å². The van der Waals surface area contributed by atoms with Crippen LogP contribution in [0, 0.1) is 5.82 Å². The Morgan fingerprint density at radius 1 is 1.28 bits per heavy atom. The number of unbranched alkanes of at least 4 members (excludes halogenated alkanes) is 3. The fourth-order valence-corrected chi connectivity index (χ4v) is 1.76. The molecular weight excluding hydrogens is 233 g/mol. The van der Waals surface area contributed by atoms with Gasteiger partial charge < -0.3 is 15.6 Å². The smallest absolute Gasteiger partial charge is 0.124 e. The SMILES string of the molecule is C[C@@H](N)c1cc(F)ccc1OCCCCCCO. The number of aliphatic hydroxyl groups is 1. The van der Waals surface area contributed by atoms with E-state index in [-0.39, 0.29) is 18.5 Å². The van der Waals surface area contributed by atoms with Gasteiger partial charge >= 0.3 is 0 Å². The Morgan fingerprint density at radius 2 is 2.00 bits per heavy atom. The van der Waals surface area contributed by atoms with Crippen molar-refractivity contribution in [2.75, 3.05) is 13.2 Å². The van der Waals surface area contributed by atoms with E-state index in [0.717, 1.165) is 25.7 Å². The van der Waals surface area contributed by atoms with Gasteiger partial charge in [-0.1, -0.05) is 6.42 Å². The van der Waals surface area contributed by atoms with Crippen LogP contribution in [0.4, 0.5) is 4.39 Å². The van der Waals surface area contributed by atoms with Crippen LogP contribution in [0.3, 0.4) is 0 Å². The van der Waals surface area contributed by atoms with Crippen molar-refractivity contribution in [3.63, 3.8) is 0 Å². The monoisotopic (exact) mass is 255 g/mol. The lowest BCUT2D eigenvalue weighted by molar-refractivity contribution is 0.272. The van der Waals surface area contributed by atoms with Gasteiger partial charge in [0.05, 0.1) is 6.61 Å². The molecule has 1 aromatic carbocycles. The molecule has 18 heavy (non-hydrogen) atoms. The molecule has 1 rings (SSSR count). The van der Waals surface area contributed by atoms with Crippen molar-refractivity contribution in [2.24, 2.45) is 5.73 Å². The zero-order valence-corrected chi connectivity index (χ0v) is 10.9. The molecule has 1 aromatic rings. The Balaban J connectivity index is 2.42. The molecule has 3 N–H and O–H groups in total. The Kier molecular flexibility index (Phi) is 6.68. The molecule has 0 aliphatic rings. The minimum Gasteiger partial charge on any atom is -0.493 e. The molecule has 0 unspecified atom stereocenters. The summed E-state index contributed by atoms with van der Waals surface area (Å²) in [6.07, 6.45) is 3.79. The Hall–Kier alpha value is -1.13. The third-order valence-electron chi connectivity index (χ3n) is 2.77. The van der Waals surface area contributed by atoms with Crippen LogP contribution in [0.25, 0.3) is 0 Å². The average Bonchev–Trinajstić information content (AvgIpc) is 2.35. The zero-order valence-electron chi connectivity index (χ0n) is 10.9. The number of aliphatic hydroxyl groups excluding tert-OH is 1. The molecule has 0 saturated heterocycles. The zero-order chi connectivity index (χ0) is 13.4. The van der Waals surface area contributed by atoms with E-state index in [1.165, 1.54) is 12.1 Å². The molecule has 0 spiro atoms. The molecule has 0 saturated carbocycles. The first-order valence-corrected chi connectivity index (χ1v) is 6.44. The highest BCUT2D eigenvalue weighted by Crippen LogP contribution is 2.24. The molecule has 0 aliphatic heterocycles. The number of nitrogens with two attached hydrogens (primary N) is 1. The quantitative estimate of drug-likeness (QED) is 0.702. The fraction of sp³-hybridized carbons (Fsp3) is 0.571. The van der Waals surface area contributed by atoms with E-state index in [9.17, 15) is 4.39 Å². The highest BCUT2D eigenvalue weighted by molar-refractivity contribution is 5.36. The highest BCUT2D eigenvalue weighted by Gasteiger charge is 2.09. The first kappa shape index (κ1) is 14.9. The molecular formula is C14H22FNO2. The number of rotatable bonds is 8. The summed E-state index contributed by atoms with van der Waals surface area (Å²) >= 11 is 0. The van der Waals surface area contributed by atoms with Gasteiger partial charge in [0.25, 0.3) is 0 Å². The van der Waals surface area contributed by atoms with Gasteiger partial charge in [0.2, 0.25) is 0 Å². The molecule has 1 atom stereocenters. The van der Waals surface area contributed by atoms with Crippen LogP contribution in [-0.4, -0.2) is 18.3 Å². The van der Waals surface area contributed by atoms with E-state index in [1.807, 2.05) is 6.92 Å². The molecule has 0 bridgehead atoms. The fourth-order valence-electron chi connectivity index (χ4n) is 1.76. The summed E-state index contributed by atoms with van der Waals surface area (Å²) in [5.74, 6) is 0.367. The number of hydrogen-bond donors (Lipinski definition) is 2. The van der Waals surface area contributed by atoms with Gasteiger partial charge in [0.15, 0.2) is 0 Å². The summed E-state index contributed by atoms with van der Waals surface area (Å²) in [4.78, 5) is 0. The molecule has 102 valence electrons. The molecule has 0 amide bonds. The first-order valence-electron chi connectivity index (χ1n) is 6.44. The topological polar surface area (TPSA) is 55.5 Å². The van der Waals surface area contributed by atoms with Crippen molar-refractivity contribution >= 4 is 0 Å². The van der Waals surface area contributed by atoms with Crippen LogP contribution < -0.4 is 10.5 Å². The van der Waals surface area contributed by atoms with Gasteiger partial charge in [-0.05, 0) is 44.4 Å². The van der Waals surface area contributed by atoms with Crippen LogP contribution in [0.5, 0.6) is 5.75 Å². The maximum atomic E-state index is 13.1. The largest absolute Gasteiger partial charge is 0.493 e. The lowest BCUT2D eigenvalue weighted by Crippen LogP contribution is -2.09. The molecule has 4 heteroatoms. The van der Waals surface area contributed by atoms with Crippen molar-refractivity contribution in [1.29, 1.82) is 0 Å². The van der Waals surface area contributed by atoms with Gasteiger partial charge in [-0.15, -0.1) is 0 Å². The molecule has 3 nitrogen and oxygen atoms in total. The van der Waals surface area contributed by atoms with Gasteiger partial charge in [0, 0.05) is 18.2 Å².